The normalized spacial score (nSPS) is 17.0. The smallest absolute Gasteiger partial charge is 0.331 e. The molecular weight excluding hydrogens is 391 g/mol. The molecule has 0 aromatic heterocycles. The molecule has 0 aliphatic carbocycles. The third-order valence-electron chi connectivity index (χ3n) is 3.65. The number of carbonyl (C=O) groups is 2. The first-order valence-corrected chi connectivity index (χ1v) is 9.04. The number of hydrogen-bond acceptors (Lipinski definition) is 5. The third kappa shape index (κ3) is 4.56. The number of methoxy groups -OCH3 is 1. The highest BCUT2D eigenvalue weighted by molar-refractivity contribution is 8.18. The molecule has 0 spiro atoms. The van der Waals surface area contributed by atoms with Crippen LogP contribution in [0.15, 0.2) is 64.5 Å². The molecule has 0 N–H and O–H groups in total. The summed E-state index contributed by atoms with van der Waals surface area (Å²) < 4.78 is 18.0. The Balaban J connectivity index is 1.97. The molecule has 8 heteroatoms. The lowest BCUT2D eigenvalue weighted by Gasteiger charge is -2.15. The number of hydrogen-bond donors (Lipinski definition) is 0. The maximum atomic E-state index is 13.4. The highest BCUT2D eigenvalue weighted by Gasteiger charge is 2.34. The van der Waals surface area contributed by atoms with Gasteiger partial charge in [0.1, 0.15) is 5.82 Å². The summed E-state index contributed by atoms with van der Waals surface area (Å²) in [5.41, 5.74) is 1.30. The van der Waals surface area contributed by atoms with Crippen LogP contribution in [0.2, 0.25) is 5.02 Å². The lowest BCUT2D eigenvalue weighted by Crippen LogP contribution is -2.28. The predicted molar refractivity (Wildman–Crippen MR) is 103 cm³/mol. The van der Waals surface area contributed by atoms with Crippen molar-refractivity contribution in [2.24, 2.45) is 4.99 Å². The number of amidine groups is 1. The number of aliphatic imine (C=N–C) groups is 1. The van der Waals surface area contributed by atoms with E-state index in [9.17, 15) is 14.0 Å². The molecule has 0 atom stereocenters. The van der Waals surface area contributed by atoms with Crippen molar-refractivity contribution in [3.63, 3.8) is 0 Å². The van der Waals surface area contributed by atoms with E-state index in [4.69, 9.17) is 11.6 Å². The summed E-state index contributed by atoms with van der Waals surface area (Å²) in [7, 11) is 1.24. The van der Waals surface area contributed by atoms with E-state index in [0.717, 1.165) is 23.4 Å². The van der Waals surface area contributed by atoms with Crippen LogP contribution in [0.4, 0.5) is 10.1 Å². The molecule has 138 valence electrons. The van der Waals surface area contributed by atoms with Crippen LogP contribution in [0.3, 0.4) is 0 Å². The zero-order valence-electron chi connectivity index (χ0n) is 14.2. The average molecular weight is 405 g/mol. The fourth-order valence-corrected chi connectivity index (χ4v) is 3.46. The topological polar surface area (TPSA) is 59.0 Å². The van der Waals surface area contributed by atoms with Crippen molar-refractivity contribution in [3.05, 3.63) is 75.9 Å². The Morgan fingerprint density at radius 1 is 1.30 bits per heavy atom. The summed E-state index contributed by atoms with van der Waals surface area (Å²) in [5.74, 6) is -1.54. The van der Waals surface area contributed by atoms with E-state index < -0.39 is 11.8 Å². The molecule has 1 heterocycles. The van der Waals surface area contributed by atoms with Gasteiger partial charge in [0.05, 0.1) is 29.3 Å². The number of amides is 1. The molecule has 2 aromatic carbocycles. The van der Waals surface area contributed by atoms with Gasteiger partial charge in [-0.3, -0.25) is 9.69 Å². The fourth-order valence-electron chi connectivity index (χ4n) is 2.33. The highest BCUT2D eigenvalue weighted by atomic mass is 35.5. The van der Waals surface area contributed by atoms with Gasteiger partial charge in [0.25, 0.3) is 5.91 Å². The quantitative estimate of drug-likeness (QED) is 0.563. The Kier molecular flexibility index (Phi) is 5.93. The molecule has 5 nitrogen and oxygen atoms in total. The molecule has 2 aromatic rings. The molecule has 0 radical (unpaired) electrons. The molecule has 27 heavy (non-hydrogen) atoms. The van der Waals surface area contributed by atoms with Gasteiger partial charge >= 0.3 is 5.97 Å². The van der Waals surface area contributed by atoms with E-state index in [-0.39, 0.29) is 22.4 Å². The zero-order valence-corrected chi connectivity index (χ0v) is 15.8. The summed E-state index contributed by atoms with van der Waals surface area (Å²) >= 11 is 6.85. The standard InChI is InChI=1S/C19H14ClFN2O3S/c1-26-17(24)10-16-18(25)23(11-12-5-3-2-4-6-12)19(27-16)22-13-7-8-15(21)14(20)9-13/h2-10H,11H2,1H3/b16-10+,22-19?. The van der Waals surface area contributed by atoms with Crippen molar-refractivity contribution in [1.29, 1.82) is 0 Å². The maximum absolute atomic E-state index is 13.4. The van der Waals surface area contributed by atoms with E-state index in [2.05, 4.69) is 9.73 Å². The molecule has 1 aliphatic rings. The minimum atomic E-state index is -0.628. The van der Waals surface area contributed by atoms with Crippen molar-refractivity contribution in [1.82, 2.24) is 4.90 Å². The summed E-state index contributed by atoms with van der Waals surface area (Å²) in [5, 5.41) is 0.299. The van der Waals surface area contributed by atoms with E-state index in [1.807, 2.05) is 30.3 Å². The van der Waals surface area contributed by atoms with Crippen molar-refractivity contribution in [2.45, 2.75) is 6.54 Å². The SMILES string of the molecule is COC(=O)/C=C1/SC(=Nc2ccc(F)c(Cl)c2)N(Cc2ccccc2)C1=O. The molecular formula is C19H14ClFN2O3S. The monoisotopic (exact) mass is 404 g/mol. The number of halogens is 2. The number of thioether (sulfide) groups is 1. The maximum Gasteiger partial charge on any atom is 0.331 e. The molecule has 3 rings (SSSR count). The van der Waals surface area contributed by atoms with Crippen molar-refractivity contribution in [3.8, 4) is 0 Å². The van der Waals surface area contributed by atoms with Gasteiger partial charge in [0.15, 0.2) is 5.17 Å². The number of carbonyl (C=O) groups excluding carboxylic acids is 2. The summed E-state index contributed by atoms with van der Waals surface area (Å²) in [6.07, 6.45) is 1.13. The summed E-state index contributed by atoms with van der Waals surface area (Å²) in [6, 6.07) is 13.4. The Bertz CT molecular complexity index is 947. The van der Waals surface area contributed by atoms with Crippen LogP contribution in [-0.2, 0) is 20.9 Å². The minimum Gasteiger partial charge on any atom is -0.466 e. The second-order valence-electron chi connectivity index (χ2n) is 5.50. The second kappa shape index (κ2) is 8.37. The van der Waals surface area contributed by atoms with Crippen LogP contribution in [0, 0.1) is 5.82 Å². The highest BCUT2D eigenvalue weighted by Crippen LogP contribution is 2.34. The van der Waals surface area contributed by atoms with Crippen LogP contribution >= 0.6 is 23.4 Å². The Hall–Kier alpha value is -2.64. The summed E-state index contributed by atoms with van der Waals surface area (Å²) in [6.45, 7) is 0.277. The van der Waals surface area contributed by atoms with Crippen LogP contribution in [0.1, 0.15) is 5.56 Å². The molecule has 1 aliphatic heterocycles. The van der Waals surface area contributed by atoms with Gasteiger partial charge in [-0.2, -0.15) is 0 Å². The number of esters is 1. The first-order valence-electron chi connectivity index (χ1n) is 7.85. The van der Waals surface area contributed by atoms with Gasteiger partial charge in [-0.1, -0.05) is 41.9 Å². The predicted octanol–water partition coefficient (Wildman–Crippen LogP) is 4.30. The van der Waals surface area contributed by atoms with E-state index in [0.29, 0.717) is 10.9 Å². The van der Waals surface area contributed by atoms with Crippen molar-refractivity contribution >= 4 is 46.1 Å². The molecule has 0 bridgehead atoms. The molecule has 1 amide bonds. The lowest BCUT2D eigenvalue weighted by molar-refractivity contribution is -0.135. The fraction of sp³-hybridized carbons (Fsp3) is 0.105. The van der Waals surface area contributed by atoms with E-state index in [1.165, 1.54) is 30.2 Å². The number of rotatable bonds is 4. The molecule has 1 fully saturated rings. The van der Waals surface area contributed by atoms with E-state index in [1.54, 1.807) is 0 Å². The van der Waals surface area contributed by atoms with Gasteiger partial charge in [0.2, 0.25) is 0 Å². The number of benzene rings is 2. The van der Waals surface area contributed by atoms with Crippen LogP contribution in [0.25, 0.3) is 0 Å². The Morgan fingerprint density at radius 3 is 2.70 bits per heavy atom. The third-order valence-corrected chi connectivity index (χ3v) is 4.95. The number of ether oxygens (including phenoxy) is 1. The first-order chi connectivity index (χ1) is 13.0. The first kappa shape index (κ1) is 19.1. The van der Waals surface area contributed by atoms with Gasteiger partial charge in [-0.05, 0) is 35.5 Å². The van der Waals surface area contributed by atoms with Gasteiger partial charge in [0, 0.05) is 6.08 Å². The Morgan fingerprint density at radius 2 is 2.04 bits per heavy atom. The lowest BCUT2D eigenvalue weighted by atomic mass is 10.2. The molecule has 0 saturated carbocycles. The molecule has 0 unspecified atom stereocenters. The van der Waals surface area contributed by atoms with Crippen molar-refractivity contribution < 1.29 is 18.7 Å². The van der Waals surface area contributed by atoms with Gasteiger partial charge in [-0.25, -0.2) is 14.2 Å². The average Bonchev–Trinajstić information content (AvgIpc) is 2.94. The van der Waals surface area contributed by atoms with E-state index >= 15 is 0 Å². The largest absolute Gasteiger partial charge is 0.466 e. The van der Waals surface area contributed by atoms with Crippen LogP contribution in [-0.4, -0.2) is 29.1 Å². The van der Waals surface area contributed by atoms with Crippen molar-refractivity contribution in [2.75, 3.05) is 7.11 Å². The zero-order chi connectivity index (χ0) is 19.4. The van der Waals surface area contributed by atoms with Gasteiger partial charge < -0.3 is 4.74 Å². The number of nitrogens with zero attached hydrogens (tertiary/aromatic N) is 2. The second-order valence-corrected chi connectivity index (χ2v) is 6.92. The summed E-state index contributed by atoms with van der Waals surface area (Å²) in [4.78, 5) is 30.4. The minimum absolute atomic E-state index is 0.0638. The van der Waals surface area contributed by atoms with Crippen LogP contribution < -0.4 is 0 Å². The van der Waals surface area contributed by atoms with Crippen LogP contribution in [0.5, 0.6) is 0 Å². The Labute approximate surface area is 164 Å². The van der Waals surface area contributed by atoms with Gasteiger partial charge in [-0.15, -0.1) is 0 Å². The molecule has 1 saturated heterocycles.